The van der Waals surface area contributed by atoms with Gasteiger partial charge in [-0.2, -0.15) is 0 Å². The first-order valence-electron chi connectivity index (χ1n) is 7.34. The van der Waals surface area contributed by atoms with E-state index < -0.39 is 0 Å². The fourth-order valence-electron chi connectivity index (χ4n) is 2.59. The monoisotopic (exact) mass is 337 g/mol. The number of para-hydroxylation sites is 1. The van der Waals surface area contributed by atoms with Crippen molar-refractivity contribution in [2.75, 3.05) is 0 Å². The molecule has 0 aliphatic heterocycles. The van der Waals surface area contributed by atoms with Crippen LogP contribution in [0.1, 0.15) is 5.69 Å². The molecule has 0 atom stereocenters. The number of hydrogen-bond donors (Lipinski definition) is 1. The summed E-state index contributed by atoms with van der Waals surface area (Å²) in [5.74, 6) is -0.324. The lowest BCUT2D eigenvalue weighted by Gasteiger charge is -2.08. The van der Waals surface area contributed by atoms with Crippen LogP contribution in [0.4, 0.5) is 4.39 Å². The van der Waals surface area contributed by atoms with Crippen molar-refractivity contribution in [1.29, 1.82) is 0 Å². The van der Waals surface area contributed by atoms with Gasteiger partial charge in [-0.25, -0.2) is 9.37 Å². The zero-order chi connectivity index (χ0) is 16.7. The minimum absolute atomic E-state index is 0.190. The molecule has 0 fully saturated rings. The number of hydrogen-bond acceptors (Lipinski definition) is 4. The maximum atomic E-state index is 13.6. The van der Waals surface area contributed by atoms with Crippen molar-refractivity contribution in [2.45, 2.75) is 17.0 Å². The second kappa shape index (κ2) is 5.72. The molecule has 0 saturated heterocycles. The maximum absolute atomic E-state index is 13.6. The number of pyridine rings is 1. The molecule has 0 spiro atoms. The minimum atomic E-state index is -0.324. The van der Waals surface area contributed by atoms with E-state index in [1.165, 1.54) is 23.9 Å². The molecule has 2 aromatic carbocycles. The van der Waals surface area contributed by atoms with Crippen LogP contribution in [0.15, 0.2) is 63.4 Å². The zero-order valence-electron chi connectivity index (χ0n) is 12.7. The molecule has 2 aromatic heterocycles. The van der Waals surface area contributed by atoms with Crippen LogP contribution in [-0.4, -0.2) is 15.0 Å². The summed E-state index contributed by atoms with van der Waals surface area (Å²) in [6.07, 6.45) is 0. The largest absolute Gasteiger partial charge is 0.301 e. The van der Waals surface area contributed by atoms with Gasteiger partial charge in [0.1, 0.15) is 5.82 Å². The van der Waals surface area contributed by atoms with Gasteiger partial charge in [-0.05, 0) is 43.3 Å². The van der Waals surface area contributed by atoms with Crippen molar-refractivity contribution in [3.8, 4) is 0 Å². The average molecular weight is 337 g/mol. The molecule has 0 aliphatic carbocycles. The van der Waals surface area contributed by atoms with Gasteiger partial charge >= 0.3 is 0 Å². The van der Waals surface area contributed by atoms with E-state index in [-0.39, 0.29) is 11.4 Å². The molecule has 6 heteroatoms. The second-order valence-corrected chi connectivity index (χ2v) is 6.44. The highest BCUT2D eigenvalue weighted by molar-refractivity contribution is 7.99. The van der Waals surface area contributed by atoms with E-state index in [4.69, 9.17) is 0 Å². The zero-order valence-corrected chi connectivity index (χ0v) is 13.5. The number of nitrogens with one attached hydrogen (secondary N) is 1. The molecule has 1 N–H and O–H groups in total. The van der Waals surface area contributed by atoms with Crippen LogP contribution in [0.5, 0.6) is 0 Å². The van der Waals surface area contributed by atoms with Gasteiger partial charge in [0, 0.05) is 16.0 Å². The van der Waals surface area contributed by atoms with Crippen molar-refractivity contribution >= 4 is 33.6 Å². The standard InChI is InChI=1S/C18H12FN3OS/c1-10-8-16(13-9-11(19)6-7-15(13)20-10)24-18-21-14-5-3-2-4-12(14)17(23)22-18/h2-9H,1H3,(H,21,22,23). The van der Waals surface area contributed by atoms with Crippen LogP contribution in [0.2, 0.25) is 0 Å². The summed E-state index contributed by atoms with van der Waals surface area (Å²) in [4.78, 5) is 24.7. The SMILES string of the molecule is Cc1cc(Sc2nc3ccccc3c(=O)[nH]2)c2cc(F)ccc2n1. The summed E-state index contributed by atoms with van der Waals surface area (Å²) in [7, 11) is 0. The molecule has 0 radical (unpaired) electrons. The Morgan fingerprint density at radius 2 is 1.79 bits per heavy atom. The van der Waals surface area contributed by atoms with Gasteiger partial charge in [0.05, 0.1) is 16.4 Å². The fraction of sp³-hybridized carbons (Fsp3) is 0.0556. The fourth-order valence-corrected chi connectivity index (χ4v) is 3.59. The molecule has 2 heterocycles. The van der Waals surface area contributed by atoms with E-state index in [0.29, 0.717) is 27.0 Å². The first-order chi connectivity index (χ1) is 11.6. The quantitative estimate of drug-likeness (QED) is 0.560. The molecule has 118 valence electrons. The Hall–Kier alpha value is -2.73. The van der Waals surface area contributed by atoms with E-state index in [1.807, 2.05) is 19.1 Å². The third-order valence-electron chi connectivity index (χ3n) is 3.66. The van der Waals surface area contributed by atoms with Gasteiger partial charge in [0.15, 0.2) is 5.16 Å². The molecular formula is C18H12FN3OS. The molecule has 0 saturated carbocycles. The first kappa shape index (κ1) is 14.8. The summed E-state index contributed by atoms with van der Waals surface area (Å²) in [5.41, 5.74) is 1.97. The van der Waals surface area contributed by atoms with Crippen molar-refractivity contribution in [1.82, 2.24) is 15.0 Å². The summed E-state index contributed by atoms with van der Waals surface area (Å²) in [5, 5.41) is 1.71. The third kappa shape index (κ3) is 2.65. The predicted octanol–water partition coefficient (Wildman–Crippen LogP) is 4.07. The Bertz CT molecular complexity index is 1140. The van der Waals surface area contributed by atoms with Crippen LogP contribution >= 0.6 is 11.8 Å². The molecule has 24 heavy (non-hydrogen) atoms. The average Bonchev–Trinajstić information content (AvgIpc) is 2.55. The highest BCUT2D eigenvalue weighted by atomic mass is 32.2. The van der Waals surface area contributed by atoms with E-state index in [9.17, 15) is 9.18 Å². The molecular weight excluding hydrogens is 325 g/mol. The van der Waals surface area contributed by atoms with E-state index in [1.54, 1.807) is 24.3 Å². The Balaban J connectivity index is 1.88. The van der Waals surface area contributed by atoms with Crippen LogP contribution < -0.4 is 5.56 Å². The number of aromatic amines is 1. The highest BCUT2D eigenvalue weighted by Crippen LogP contribution is 2.32. The molecule has 0 bridgehead atoms. The van der Waals surface area contributed by atoms with Crippen LogP contribution in [0.3, 0.4) is 0 Å². The van der Waals surface area contributed by atoms with Gasteiger partial charge in [-0.15, -0.1) is 0 Å². The highest BCUT2D eigenvalue weighted by Gasteiger charge is 2.10. The first-order valence-corrected chi connectivity index (χ1v) is 8.16. The van der Waals surface area contributed by atoms with E-state index in [2.05, 4.69) is 15.0 Å². The Morgan fingerprint density at radius 3 is 2.67 bits per heavy atom. The second-order valence-electron chi connectivity index (χ2n) is 5.41. The Labute approximate surface area is 140 Å². The van der Waals surface area contributed by atoms with Gasteiger partial charge in [-0.3, -0.25) is 9.78 Å². The Morgan fingerprint density at radius 1 is 1.00 bits per heavy atom. The molecule has 0 aliphatic rings. The third-order valence-corrected chi connectivity index (χ3v) is 4.60. The number of aryl methyl sites for hydroxylation is 1. The normalized spacial score (nSPS) is 11.2. The van der Waals surface area contributed by atoms with E-state index in [0.717, 1.165) is 10.6 Å². The molecule has 0 unspecified atom stereocenters. The number of H-pyrrole nitrogens is 1. The van der Waals surface area contributed by atoms with Gasteiger partial charge < -0.3 is 4.98 Å². The van der Waals surface area contributed by atoms with Gasteiger partial charge in [0.25, 0.3) is 5.56 Å². The maximum Gasteiger partial charge on any atom is 0.259 e. The van der Waals surface area contributed by atoms with E-state index >= 15 is 0 Å². The minimum Gasteiger partial charge on any atom is -0.301 e. The van der Waals surface area contributed by atoms with Crippen molar-refractivity contribution in [2.24, 2.45) is 0 Å². The van der Waals surface area contributed by atoms with Crippen molar-refractivity contribution < 1.29 is 4.39 Å². The molecule has 4 rings (SSSR count). The van der Waals surface area contributed by atoms with Crippen LogP contribution in [0, 0.1) is 12.7 Å². The van der Waals surface area contributed by atoms with Crippen LogP contribution in [0.25, 0.3) is 21.8 Å². The lowest BCUT2D eigenvalue weighted by Crippen LogP contribution is -2.08. The van der Waals surface area contributed by atoms with Gasteiger partial charge in [-0.1, -0.05) is 23.9 Å². The van der Waals surface area contributed by atoms with Crippen molar-refractivity contribution in [3.05, 3.63) is 70.4 Å². The summed E-state index contributed by atoms with van der Waals surface area (Å²) in [6.45, 7) is 1.88. The number of benzene rings is 2. The lowest BCUT2D eigenvalue weighted by atomic mass is 10.2. The predicted molar refractivity (Wildman–Crippen MR) is 92.9 cm³/mol. The summed E-state index contributed by atoms with van der Waals surface area (Å²) in [6, 6.07) is 13.5. The summed E-state index contributed by atoms with van der Waals surface area (Å²) < 4.78 is 13.6. The number of halogens is 1. The smallest absolute Gasteiger partial charge is 0.259 e. The van der Waals surface area contributed by atoms with Crippen molar-refractivity contribution in [3.63, 3.8) is 0 Å². The topological polar surface area (TPSA) is 58.6 Å². The van der Waals surface area contributed by atoms with Crippen LogP contribution in [-0.2, 0) is 0 Å². The number of fused-ring (bicyclic) bond motifs is 2. The van der Waals surface area contributed by atoms with Gasteiger partial charge in [0.2, 0.25) is 0 Å². The Kier molecular flexibility index (Phi) is 3.54. The number of rotatable bonds is 2. The lowest BCUT2D eigenvalue weighted by molar-refractivity contribution is 0.629. The number of aromatic nitrogens is 3. The summed E-state index contributed by atoms with van der Waals surface area (Å²) >= 11 is 1.30. The molecule has 4 nitrogen and oxygen atoms in total. The number of nitrogens with zero attached hydrogens (tertiary/aromatic N) is 2. The molecule has 4 aromatic rings. The molecule has 0 amide bonds.